The van der Waals surface area contributed by atoms with Gasteiger partial charge in [0.15, 0.2) is 0 Å². The summed E-state index contributed by atoms with van der Waals surface area (Å²) in [5.74, 6) is -1.16. The van der Waals surface area contributed by atoms with E-state index in [4.69, 9.17) is 9.52 Å². The van der Waals surface area contributed by atoms with Crippen LogP contribution >= 0.6 is 0 Å². The van der Waals surface area contributed by atoms with Gasteiger partial charge in [-0.05, 0) is 48.9 Å². The lowest BCUT2D eigenvalue weighted by molar-refractivity contribution is -0.384. The molecule has 0 fully saturated rings. The van der Waals surface area contributed by atoms with E-state index in [-0.39, 0.29) is 27.8 Å². The van der Waals surface area contributed by atoms with E-state index in [2.05, 4.69) is 4.72 Å². The fourth-order valence-electron chi connectivity index (χ4n) is 2.51. The number of nitro groups is 1. The lowest BCUT2D eigenvalue weighted by atomic mass is 10.1. The molecular weight excluding hydrogens is 388 g/mol. The molecule has 0 amide bonds. The Labute approximate surface area is 159 Å². The van der Waals surface area contributed by atoms with Gasteiger partial charge in [0.25, 0.3) is 15.7 Å². The Morgan fingerprint density at radius 1 is 1.11 bits per heavy atom. The van der Waals surface area contributed by atoms with Crippen molar-refractivity contribution in [2.24, 2.45) is 0 Å². The van der Waals surface area contributed by atoms with E-state index in [1.165, 1.54) is 18.2 Å². The minimum Gasteiger partial charge on any atom is -0.475 e. The van der Waals surface area contributed by atoms with Gasteiger partial charge in [-0.15, -0.1) is 0 Å². The molecule has 0 saturated carbocycles. The minimum atomic E-state index is -3.97. The monoisotopic (exact) mass is 402 g/mol. The van der Waals surface area contributed by atoms with Crippen LogP contribution in [0.3, 0.4) is 0 Å². The number of nitro benzene ring substituents is 1. The molecule has 0 saturated heterocycles. The highest BCUT2D eigenvalue weighted by Gasteiger charge is 2.18. The van der Waals surface area contributed by atoms with Gasteiger partial charge in [0, 0.05) is 23.4 Å². The zero-order valence-electron chi connectivity index (χ0n) is 14.4. The van der Waals surface area contributed by atoms with Gasteiger partial charge in [-0.3, -0.25) is 14.8 Å². The Kier molecular flexibility index (Phi) is 4.89. The number of non-ortho nitro benzene ring substituents is 1. The molecule has 0 aliphatic carbocycles. The van der Waals surface area contributed by atoms with Gasteiger partial charge in [0.1, 0.15) is 5.76 Å². The number of rotatable bonds is 6. The number of hydrogen-bond donors (Lipinski definition) is 2. The third-order valence-electron chi connectivity index (χ3n) is 3.93. The highest BCUT2D eigenvalue weighted by Crippen LogP contribution is 2.29. The highest BCUT2D eigenvalue weighted by atomic mass is 32.2. The predicted molar refractivity (Wildman–Crippen MR) is 99.7 cm³/mol. The number of hydrogen-bond acceptors (Lipinski definition) is 6. The molecule has 1 aromatic heterocycles. The summed E-state index contributed by atoms with van der Waals surface area (Å²) >= 11 is 0. The molecule has 0 aliphatic rings. The van der Waals surface area contributed by atoms with Crippen molar-refractivity contribution in [1.82, 2.24) is 0 Å². The number of benzene rings is 2. The summed E-state index contributed by atoms with van der Waals surface area (Å²) in [5.41, 5.74) is 1.29. The summed E-state index contributed by atoms with van der Waals surface area (Å²) in [7, 11) is -3.97. The van der Waals surface area contributed by atoms with Crippen LogP contribution in [0.25, 0.3) is 11.3 Å². The Balaban J connectivity index is 1.91. The molecule has 0 unspecified atom stereocenters. The summed E-state index contributed by atoms with van der Waals surface area (Å²) < 4.78 is 32.7. The van der Waals surface area contributed by atoms with Gasteiger partial charge >= 0.3 is 5.97 Å². The fourth-order valence-corrected chi connectivity index (χ4v) is 3.56. The first-order valence-electron chi connectivity index (χ1n) is 7.89. The maximum Gasteiger partial charge on any atom is 0.371 e. The molecule has 2 aromatic carbocycles. The van der Waals surface area contributed by atoms with Crippen molar-refractivity contribution in [2.75, 3.05) is 4.72 Å². The number of carboxylic acid groups (broad SMARTS) is 1. The zero-order chi connectivity index (χ0) is 20.5. The van der Waals surface area contributed by atoms with Gasteiger partial charge in [-0.2, -0.15) is 0 Å². The molecular formula is C18H14N2O7S. The van der Waals surface area contributed by atoms with Crippen LogP contribution in [0.1, 0.15) is 16.1 Å². The smallest absolute Gasteiger partial charge is 0.371 e. The van der Waals surface area contributed by atoms with Gasteiger partial charge < -0.3 is 9.52 Å². The van der Waals surface area contributed by atoms with Gasteiger partial charge in [-0.25, -0.2) is 13.2 Å². The Hall–Kier alpha value is -3.66. The van der Waals surface area contributed by atoms with Crippen molar-refractivity contribution in [3.8, 4) is 11.3 Å². The van der Waals surface area contributed by atoms with Crippen molar-refractivity contribution in [1.29, 1.82) is 0 Å². The Morgan fingerprint density at radius 3 is 2.36 bits per heavy atom. The van der Waals surface area contributed by atoms with Gasteiger partial charge in [-0.1, -0.05) is 6.07 Å². The fraction of sp³-hybridized carbons (Fsp3) is 0.0556. The SMILES string of the molecule is Cc1ccc(NS(=O)(=O)c2ccc([N+](=O)[O-])cc2)cc1-c1ccc(C(=O)O)o1. The maximum atomic E-state index is 12.5. The summed E-state index contributed by atoms with van der Waals surface area (Å²) in [5, 5.41) is 19.7. The van der Waals surface area contributed by atoms with Crippen molar-refractivity contribution < 1.29 is 27.7 Å². The molecule has 0 atom stereocenters. The maximum absolute atomic E-state index is 12.5. The molecule has 3 rings (SSSR count). The second-order valence-corrected chi connectivity index (χ2v) is 7.54. The van der Waals surface area contributed by atoms with Crippen LogP contribution in [-0.2, 0) is 10.0 Å². The van der Waals surface area contributed by atoms with Crippen LogP contribution in [0, 0.1) is 17.0 Å². The van der Waals surface area contributed by atoms with Crippen molar-refractivity contribution in [2.45, 2.75) is 11.8 Å². The van der Waals surface area contributed by atoms with Crippen LogP contribution in [0.5, 0.6) is 0 Å². The quantitative estimate of drug-likeness (QED) is 0.473. The van der Waals surface area contributed by atoms with E-state index in [1.807, 2.05) is 0 Å². The van der Waals surface area contributed by atoms with Crippen LogP contribution < -0.4 is 4.72 Å². The minimum absolute atomic E-state index is 0.133. The number of sulfonamides is 1. The van der Waals surface area contributed by atoms with Crippen molar-refractivity contribution >= 4 is 27.4 Å². The third-order valence-corrected chi connectivity index (χ3v) is 5.33. The molecule has 0 aliphatic heterocycles. The lowest BCUT2D eigenvalue weighted by Crippen LogP contribution is -2.13. The average molecular weight is 402 g/mol. The average Bonchev–Trinajstić information content (AvgIpc) is 3.13. The van der Waals surface area contributed by atoms with E-state index in [0.717, 1.165) is 29.8 Å². The largest absolute Gasteiger partial charge is 0.475 e. The lowest BCUT2D eigenvalue weighted by Gasteiger charge is -2.10. The molecule has 144 valence electrons. The van der Waals surface area contributed by atoms with Crippen molar-refractivity contribution in [3.05, 3.63) is 76.0 Å². The molecule has 0 spiro atoms. The van der Waals surface area contributed by atoms with Crippen LogP contribution in [0.15, 0.2) is 63.9 Å². The van der Waals surface area contributed by atoms with Crippen LogP contribution in [0.4, 0.5) is 11.4 Å². The summed E-state index contributed by atoms with van der Waals surface area (Å²) in [4.78, 5) is 20.9. The second-order valence-electron chi connectivity index (χ2n) is 5.86. The number of anilines is 1. The Bertz CT molecular complexity index is 1160. The number of carboxylic acids is 1. The normalized spacial score (nSPS) is 11.2. The number of nitrogens with one attached hydrogen (secondary N) is 1. The topological polar surface area (TPSA) is 140 Å². The number of nitrogens with zero attached hydrogens (tertiary/aromatic N) is 1. The highest BCUT2D eigenvalue weighted by molar-refractivity contribution is 7.92. The van der Waals surface area contributed by atoms with E-state index >= 15 is 0 Å². The molecule has 28 heavy (non-hydrogen) atoms. The molecule has 10 heteroatoms. The summed E-state index contributed by atoms with van der Waals surface area (Å²) in [6.45, 7) is 1.77. The number of furan rings is 1. The number of aryl methyl sites for hydroxylation is 1. The second kappa shape index (κ2) is 7.16. The Morgan fingerprint density at radius 2 is 1.79 bits per heavy atom. The number of carbonyl (C=O) groups is 1. The first-order valence-corrected chi connectivity index (χ1v) is 9.37. The molecule has 3 aromatic rings. The summed E-state index contributed by atoms with van der Waals surface area (Å²) in [6.07, 6.45) is 0. The molecule has 9 nitrogen and oxygen atoms in total. The van der Waals surface area contributed by atoms with Gasteiger partial charge in [0.05, 0.1) is 9.82 Å². The van der Waals surface area contributed by atoms with Crippen LogP contribution in [0.2, 0.25) is 0 Å². The predicted octanol–water partition coefficient (Wildman–Crippen LogP) is 3.66. The standard InChI is InChI=1S/C18H14N2O7S/c1-11-2-3-12(10-15(11)16-8-9-17(27-16)18(21)22)19-28(25,26)14-6-4-13(5-7-14)20(23)24/h2-10,19H,1H3,(H,21,22). The van der Waals surface area contributed by atoms with Gasteiger partial charge in [0.2, 0.25) is 5.76 Å². The number of aromatic carboxylic acids is 1. The van der Waals surface area contributed by atoms with Crippen LogP contribution in [-0.4, -0.2) is 24.4 Å². The van der Waals surface area contributed by atoms with E-state index in [9.17, 15) is 23.3 Å². The van der Waals surface area contributed by atoms with E-state index in [0.29, 0.717) is 5.56 Å². The first kappa shape index (κ1) is 19.1. The molecule has 2 N–H and O–H groups in total. The van der Waals surface area contributed by atoms with E-state index in [1.54, 1.807) is 19.1 Å². The van der Waals surface area contributed by atoms with E-state index < -0.39 is 20.9 Å². The molecule has 0 bridgehead atoms. The first-order chi connectivity index (χ1) is 13.2. The molecule has 1 heterocycles. The molecule has 0 radical (unpaired) electrons. The zero-order valence-corrected chi connectivity index (χ0v) is 15.3. The third kappa shape index (κ3) is 3.86. The van der Waals surface area contributed by atoms with Crippen molar-refractivity contribution in [3.63, 3.8) is 0 Å². The summed E-state index contributed by atoms with van der Waals surface area (Å²) in [6, 6.07) is 12.0.